The van der Waals surface area contributed by atoms with Gasteiger partial charge in [-0.1, -0.05) is 19.8 Å². The van der Waals surface area contributed by atoms with Crippen molar-refractivity contribution < 1.29 is 9.53 Å². The Balaban J connectivity index is 0.00000676. The average molecular weight is 494 g/mol. The van der Waals surface area contributed by atoms with Crippen LogP contribution in [0.1, 0.15) is 58.7 Å². The van der Waals surface area contributed by atoms with Gasteiger partial charge in [-0.2, -0.15) is 0 Å². The molecule has 1 aromatic rings. The third-order valence-corrected chi connectivity index (χ3v) is 3.87. The van der Waals surface area contributed by atoms with E-state index in [1.54, 1.807) is 6.33 Å². The predicted octanol–water partition coefficient (Wildman–Crippen LogP) is 2.53. The van der Waals surface area contributed by atoms with E-state index in [1.165, 1.54) is 0 Å². The van der Waals surface area contributed by atoms with Gasteiger partial charge >= 0.3 is 5.97 Å². The van der Waals surface area contributed by atoms with Gasteiger partial charge in [0.1, 0.15) is 12.2 Å². The molecule has 0 aliphatic heterocycles. The number of aliphatic imine (C=N–C) groups is 1. The summed E-state index contributed by atoms with van der Waals surface area (Å²) < 4.78 is 6.98. The molecule has 0 spiro atoms. The Morgan fingerprint density at radius 2 is 1.96 bits per heavy atom. The molecule has 0 saturated heterocycles. The first-order chi connectivity index (χ1) is 12.7. The van der Waals surface area contributed by atoms with E-state index in [-0.39, 0.29) is 29.9 Å². The molecule has 0 aliphatic carbocycles. The second-order valence-electron chi connectivity index (χ2n) is 5.95. The predicted molar refractivity (Wildman–Crippen MR) is 119 cm³/mol. The van der Waals surface area contributed by atoms with Gasteiger partial charge in [-0.15, -0.1) is 34.2 Å². The number of ether oxygens (including phenoxy) is 1. The molecule has 0 aromatic carbocycles. The molecule has 1 heterocycles. The van der Waals surface area contributed by atoms with Gasteiger partial charge in [0.25, 0.3) is 0 Å². The lowest BCUT2D eigenvalue weighted by atomic mass is 10.1. The Kier molecular flexibility index (Phi) is 15.9. The highest BCUT2D eigenvalue weighted by atomic mass is 127. The Labute approximate surface area is 180 Å². The van der Waals surface area contributed by atoms with E-state index in [2.05, 4.69) is 44.2 Å². The molecule has 0 unspecified atom stereocenters. The summed E-state index contributed by atoms with van der Waals surface area (Å²) in [7, 11) is 0. The Morgan fingerprint density at radius 1 is 1.19 bits per heavy atom. The molecule has 0 fully saturated rings. The monoisotopic (exact) mass is 494 g/mol. The van der Waals surface area contributed by atoms with E-state index in [0.717, 1.165) is 70.1 Å². The van der Waals surface area contributed by atoms with Crippen LogP contribution in [0, 0.1) is 0 Å². The van der Waals surface area contributed by atoms with Crippen molar-refractivity contribution >= 4 is 35.9 Å². The van der Waals surface area contributed by atoms with Crippen molar-refractivity contribution in [1.82, 2.24) is 25.4 Å². The molecule has 0 amide bonds. The van der Waals surface area contributed by atoms with Crippen LogP contribution in [0.4, 0.5) is 0 Å². The second kappa shape index (κ2) is 16.8. The molecule has 156 valence electrons. The van der Waals surface area contributed by atoms with Crippen LogP contribution in [0.3, 0.4) is 0 Å². The molecule has 1 aromatic heterocycles. The molecule has 1 rings (SSSR count). The number of esters is 1. The van der Waals surface area contributed by atoms with Crippen LogP contribution < -0.4 is 10.6 Å². The Hall–Kier alpha value is -1.39. The smallest absolute Gasteiger partial charge is 0.305 e. The lowest BCUT2D eigenvalue weighted by Gasteiger charge is -2.12. The molecule has 0 saturated carbocycles. The maximum absolute atomic E-state index is 11.2. The zero-order valence-corrected chi connectivity index (χ0v) is 19.2. The second-order valence-corrected chi connectivity index (χ2v) is 5.95. The van der Waals surface area contributed by atoms with Crippen molar-refractivity contribution in [2.45, 2.75) is 65.8 Å². The largest absolute Gasteiger partial charge is 0.466 e. The van der Waals surface area contributed by atoms with Gasteiger partial charge in [-0.05, 0) is 26.7 Å². The van der Waals surface area contributed by atoms with E-state index < -0.39 is 0 Å². The standard InChI is InChI=1S/C18H34N6O2.HI/c1-4-16-23-22-15-24(16)14-13-21-18(19-5-2)20-12-10-8-7-9-11-17(25)26-6-3;/h15H,4-14H2,1-3H3,(H2,19,20,21);1H. The lowest BCUT2D eigenvalue weighted by molar-refractivity contribution is -0.143. The Bertz CT molecular complexity index is 536. The van der Waals surface area contributed by atoms with Crippen molar-refractivity contribution in [3.05, 3.63) is 12.2 Å². The highest BCUT2D eigenvalue weighted by Gasteiger charge is 2.03. The summed E-state index contributed by atoms with van der Waals surface area (Å²) in [5.41, 5.74) is 0. The van der Waals surface area contributed by atoms with Gasteiger partial charge in [0.05, 0.1) is 6.61 Å². The van der Waals surface area contributed by atoms with Gasteiger partial charge in [-0.3, -0.25) is 9.79 Å². The molecule has 0 radical (unpaired) electrons. The molecular weight excluding hydrogens is 459 g/mol. The molecule has 0 bridgehead atoms. The minimum Gasteiger partial charge on any atom is -0.466 e. The van der Waals surface area contributed by atoms with Crippen LogP contribution in [0.15, 0.2) is 11.3 Å². The highest BCUT2D eigenvalue weighted by molar-refractivity contribution is 14.0. The number of halogens is 1. The molecular formula is C18H35IN6O2. The summed E-state index contributed by atoms with van der Waals surface area (Å²) in [5, 5.41) is 14.6. The van der Waals surface area contributed by atoms with Crippen LogP contribution in [-0.4, -0.2) is 52.9 Å². The minimum absolute atomic E-state index is 0. The fourth-order valence-corrected chi connectivity index (χ4v) is 2.53. The van der Waals surface area contributed by atoms with Crippen LogP contribution in [-0.2, 0) is 22.5 Å². The first-order valence-electron chi connectivity index (χ1n) is 9.75. The molecule has 0 atom stereocenters. The number of aryl methyl sites for hydroxylation is 1. The molecule has 9 heteroatoms. The SMILES string of the molecule is CCNC(=NCCCCCCC(=O)OCC)NCCn1cnnc1CC.I. The summed E-state index contributed by atoms with van der Waals surface area (Å²) in [4.78, 5) is 15.8. The van der Waals surface area contributed by atoms with Crippen LogP contribution in [0.2, 0.25) is 0 Å². The van der Waals surface area contributed by atoms with Crippen molar-refractivity contribution in [1.29, 1.82) is 0 Å². The van der Waals surface area contributed by atoms with Crippen molar-refractivity contribution in [3.63, 3.8) is 0 Å². The maximum Gasteiger partial charge on any atom is 0.305 e. The first-order valence-corrected chi connectivity index (χ1v) is 9.75. The summed E-state index contributed by atoms with van der Waals surface area (Å²) in [6, 6.07) is 0. The van der Waals surface area contributed by atoms with Crippen LogP contribution in [0.5, 0.6) is 0 Å². The minimum atomic E-state index is -0.0940. The third-order valence-electron chi connectivity index (χ3n) is 3.87. The number of carbonyl (C=O) groups excluding carboxylic acids is 1. The Morgan fingerprint density at radius 3 is 2.67 bits per heavy atom. The van der Waals surface area contributed by atoms with Crippen molar-refractivity contribution in [3.8, 4) is 0 Å². The van der Waals surface area contributed by atoms with E-state index in [9.17, 15) is 4.79 Å². The number of carbonyl (C=O) groups is 1. The van der Waals surface area contributed by atoms with Gasteiger partial charge in [0, 0.05) is 39.0 Å². The normalized spacial score (nSPS) is 11.0. The zero-order chi connectivity index (χ0) is 19.0. The third kappa shape index (κ3) is 11.8. The lowest BCUT2D eigenvalue weighted by Crippen LogP contribution is -2.39. The number of hydrogen-bond acceptors (Lipinski definition) is 5. The van der Waals surface area contributed by atoms with E-state index >= 15 is 0 Å². The van der Waals surface area contributed by atoms with Crippen molar-refractivity contribution in [2.75, 3.05) is 26.2 Å². The molecule has 0 aliphatic rings. The summed E-state index contributed by atoms with van der Waals surface area (Å²) in [6.07, 6.45) is 7.17. The van der Waals surface area contributed by atoms with E-state index in [4.69, 9.17) is 4.74 Å². The zero-order valence-electron chi connectivity index (χ0n) is 16.9. The van der Waals surface area contributed by atoms with Gasteiger partial charge in [0.2, 0.25) is 0 Å². The molecule has 8 nitrogen and oxygen atoms in total. The fraction of sp³-hybridized carbons (Fsp3) is 0.778. The van der Waals surface area contributed by atoms with E-state index in [1.807, 2.05) is 6.92 Å². The summed E-state index contributed by atoms with van der Waals surface area (Å²) in [5.74, 6) is 1.74. The number of nitrogens with zero attached hydrogens (tertiary/aromatic N) is 4. The average Bonchev–Trinajstić information content (AvgIpc) is 3.08. The number of rotatable bonds is 13. The molecule has 27 heavy (non-hydrogen) atoms. The van der Waals surface area contributed by atoms with Crippen LogP contribution in [0.25, 0.3) is 0 Å². The number of guanidine groups is 1. The number of aromatic nitrogens is 3. The van der Waals surface area contributed by atoms with Crippen molar-refractivity contribution in [2.24, 2.45) is 4.99 Å². The summed E-state index contributed by atoms with van der Waals surface area (Å²) in [6.45, 7) is 9.63. The number of hydrogen-bond donors (Lipinski definition) is 2. The highest BCUT2D eigenvalue weighted by Crippen LogP contribution is 2.04. The topological polar surface area (TPSA) is 93.4 Å². The maximum atomic E-state index is 11.2. The summed E-state index contributed by atoms with van der Waals surface area (Å²) >= 11 is 0. The molecule has 2 N–H and O–H groups in total. The van der Waals surface area contributed by atoms with Crippen LogP contribution >= 0.6 is 24.0 Å². The van der Waals surface area contributed by atoms with Gasteiger partial charge < -0.3 is 19.9 Å². The quantitative estimate of drug-likeness (QED) is 0.144. The van der Waals surface area contributed by atoms with E-state index in [0.29, 0.717) is 13.0 Å². The first kappa shape index (κ1) is 25.6. The fourth-order valence-electron chi connectivity index (χ4n) is 2.53. The van der Waals surface area contributed by atoms with Gasteiger partial charge in [-0.25, -0.2) is 0 Å². The van der Waals surface area contributed by atoms with Gasteiger partial charge in [0.15, 0.2) is 5.96 Å². The number of unbranched alkanes of at least 4 members (excludes halogenated alkanes) is 3. The number of nitrogens with one attached hydrogen (secondary N) is 2.